The molecule has 1 atom stereocenters. The van der Waals surface area contributed by atoms with Crippen molar-refractivity contribution in [1.82, 2.24) is 29.3 Å². The molecule has 10 nitrogen and oxygen atoms in total. The molecule has 11 heteroatoms. The number of ether oxygens (including phenoxy) is 2. The highest BCUT2D eigenvalue weighted by molar-refractivity contribution is 7.13. The van der Waals surface area contributed by atoms with Gasteiger partial charge in [0.1, 0.15) is 11.4 Å². The van der Waals surface area contributed by atoms with E-state index in [1.807, 2.05) is 36.4 Å². The lowest BCUT2D eigenvalue weighted by Gasteiger charge is -2.34. The number of hydrogen-bond donors (Lipinski definition) is 0. The molecule has 2 aliphatic rings. The smallest absolute Gasteiger partial charge is 0.410 e. The van der Waals surface area contributed by atoms with Crippen molar-refractivity contribution in [2.24, 2.45) is 0 Å². The van der Waals surface area contributed by atoms with E-state index in [0.717, 1.165) is 63.9 Å². The standard InChI is InChI=1S/C30H39N7O3S/c1-19-18-39-14-13-35(19)26-16-24(37-28(32-26)23(17-31-37)25-8-7-15-41-25)27-20(2)33-36(21(27)3)22-9-11-34(12-10-22)29(38)40-30(4,5)6/h7-8,15-17,19,22H,9-14,18H2,1-6H3/t19-/m1/s1. The summed E-state index contributed by atoms with van der Waals surface area (Å²) in [5, 5.41) is 12.0. The molecule has 1 amide bonds. The molecule has 6 heterocycles. The van der Waals surface area contributed by atoms with Gasteiger partial charge < -0.3 is 19.3 Å². The Balaban J connectivity index is 1.37. The molecule has 0 saturated carbocycles. The third-order valence-electron chi connectivity index (χ3n) is 7.95. The van der Waals surface area contributed by atoms with Gasteiger partial charge in [0.05, 0.1) is 48.4 Å². The molecular formula is C30H39N7O3S. The third kappa shape index (κ3) is 5.32. The first kappa shape index (κ1) is 27.7. The number of amides is 1. The number of piperidine rings is 1. The van der Waals surface area contributed by atoms with Gasteiger partial charge in [-0.05, 0) is 65.8 Å². The molecule has 0 bridgehead atoms. The lowest BCUT2D eigenvalue weighted by Crippen LogP contribution is -2.44. The monoisotopic (exact) mass is 577 g/mol. The van der Waals surface area contributed by atoms with Crippen LogP contribution in [-0.2, 0) is 9.47 Å². The van der Waals surface area contributed by atoms with Crippen molar-refractivity contribution in [2.75, 3.05) is 37.7 Å². The van der Waals surface area contributed by atoms with Crippen LogP contribution in [-0.4, -0.2) is 79.9 Å². The highest BCUT2D eigenvalue weighted by atomic mass is 32.1. The van der Waals surface area contributed by atoms with Crippen LogP contribution in [0.25, 0.3) is 27.3 Å². The lowest BCUT2D eigenvalue weighted by molar-refractivity contribution is 0.0184. The first-order valence-corrected chi connectivity index (χ1v) is 15.3. The Labute approximate surface area is 244 Å². The number of carbonyl (C=O) groups is 1. The van der Waals surface area contributed by atoms with E-state index < -0.39 is 5.60 Å². The number of nitrogens with zero attached hydrogens (tertiary/aromatic N) is 7. The van der Waals surface area contributed by atoms with Crippen LogP contribution < -0.4 is 4.90 Å². The van der Waals surface area contributed by atoms with Crippen molar-refractivity contribution in [3.8, 4) is 21.7 Å². The predicted molar refractivity (Wildman–Crippen MR) is 161 cm³/mol. The van der Waals surface area contributed by atoms with E-state index in [4.69, 9.17) is 24.7 Å². The van der Waals surface area contributed by atoms with Crippen molar-refractivity contribution >= 4 is 28.9 Å². The average Bonchev–Trinajstić information content (AvgIpc) is 3.67. The van der Waals surface area contributed by atoms with Crippen LogP contribution >= 0.6 is 11.3 Å². The molecule has 0 unspecified atom stereocenters. The molecule has 2 aliphatic heterocycles. The summed E-state index contributed by atoms with van der Waals surface area (Å²) < 4.78 is 15.5. The molecule has 4 aromatic heterocycles. The van der Waals surface area contributed by atoms with Crippen molar-refractivity contribution in [3.05, 3.63) is 41.2 Å². The number of carbonyl (C=O) groups excluding carboxylic acids is 1. The largest absolute Gasteiger partial charge is 0.444 e. The van der Waals surface area contributed by atoms with E-state index in [0.29, 0.717) is 26.3 Å². The number of aryl methyl sites for hydroxylation is 1. The zero-order chi connectivity index (χ0) is 28.9. The minimum absolute atomic E-state index is 0.205. The maximum absolute atomic E-state index is 12.6. The van der Waals surface area contributed by atoms with Gasteiger partial charge in [0, 0.05) is 41.8 Å². The number of hydrogen-bond acceptors (Lipinski definition) is 8. The van der Waals surface area contributed by atoms with Gasteiger partial charge in [-0.1, -0.05) is 6.07 Å². The Morgan fingerprint density at radius 3 is 2.63 bits per heavy atom. The maximum Gasteiger partial charge on any atom is 0.410 e. The number of thiophene rings is 1. The Morgan fingerprint density at radius 1 is 1.17 bits per heavy atom. The number of likely N-dealkylation sites (tertiary alicyclic amines) is 1. The second-order valence-corrected chi connectivity index (χ2v) is 13.0. The highest BCUT2D eigenvalue weighted by Crippen LogP contribution is 2.37. The average molecular weight is 578 g/mol. The van der Waals surface area contributed by atoms with Gasteiger partial charge in [0.15, 0.2) is 5.65 Å². The topological polar surface area (TPSA) is 90.0 Å². The highest BCUT2D eigenvalue weighted by Gasteiger charge is 2.31. The Bertz CT molecular complexity index is 1540. The zero-order valence-corrected chi connectivity index (χ0v) is 25.6. The van der Waals surface area contributed by atoms with Gasteiger partial charge in [-0.2, -0.15) is 10.2 Å². The molecule has 41 heavy (non-hydrogen) atoms. The Hall–Kier alpha value is -3.44. The summed E-state index contributed by atoms with van der Waals surface area (Å²) in [4.78, 5) is 23.1. The van der Waals surface area contributed by atoms with E-state index in [1.165, 1.54) is 0 Å². The number of rotatable bonds is 4. The van der Waals surface area contributed by atoms with Crippen LogP contribution in [0.1, 0.15) is 58.0 Å². The van der Waals surface area contributed by atoms with Gasteiger partial charge in [0.25, 0.3) is 0 Å². The van der Waals surface area contributed by atoms with Gasteiger partial charge in [0.2, 0.25) is 0 Å². The summed E-state index contributed by atoms with van der Waals surface area (Å²) >= 11 is 1.69. The predicted octanol–water partition coefficient (Wildman–Crippen LogP) is 5.74. The fourth-order valence-corrected chi connectivity index (χ4v) is 6.69. The van der Waals surface area contributed by atoms with Gasteiger partial charge >= 0.3 is 6.09 Å². The summed E-state index contributed by atoms with van der Waals surface area (Å²) in [5.41, 5.74) is 5.49. The van der Waals surface area contributed by atoms with Gasteiger partial charge in [-0.15, -0.1) is 11.3 Å². The van der Waals surface area contributed by atoms with Crippen LogP contribution in [0, 0.1) is 13.8 Å². The minimum Gasteiger partial charge on any atom is -0.444 e. The molecule has 0 aliphatic carbocycles. The first-order chi connectivity index (χ1) is 19.6. The number of fused-ring (bicyclic) bond motifs is 1. The van der Waals surface area contributed by atoms with Crippen LogP contribution in [0.3, 0.4) is 0 Å². The molecule has 4 aromatic rings. The summed E-state index contributed by atoms with van der Waals surface area (Å²) in [6, 6.07) is 6.76. The Kier molecular flexibility index (Phi) is 7.27. The summed E-state index contributed by atoms with van der Waals surface area (Å²) in [6.07, 6.45) is 3.33. The summed E-state index contributed by atoms with van der Waals surface area (Å²) in [6.45, 7) is 15.5. The molecule has 0 spiro atoms. The molecule has 0 radical (unpaired) electrons. The first-order valence-electron chi connectivity index (χ1n) is 14.4. The van der Waals surface area contributed by atoms with E-state index in [2.05, 4.69) is 53.9 Å². The molecule has 0 N–H and O–H groups in total. The Morgan fingerprint density at radius 2 is 1.95 bits per heavy atom. The number of anilines is 1. The van der Waals surface area contributed by atoms with Crippen molar-refractivity contribution in [2.45, 2.75) is 72.1 Å². The minimum atomic E-state index is -0.498. The van der Waals surface area contributed by atoms with E-state index >= 15 is 0 Å². The molecule has 218 valence electrons. The second kappa shape index (κ2) is 10.8. The van der Waals surface area contributed by atoms with Crippen LogP contribution in [0.4, 0.5) is 10.6 Å². The van der Waals surface area contributed by atoms with E-state index in [9.17, 15) is 4.79 Å². The van der Waals surface area contributed by atoms with Gasteiger partial charge in [-0.25, -0.2) is 14.3 Å². The van der Waals surface area contributed by atoms with Crippen LogP contribution in [0.5, 0.6) is 0 Å². The molecule has 2 saturated heterocycles. The summed E-state index contributed by atoms with van der Waals surface area (Å²) in [5.74, 6) is 0.929. The second-order valence-electron chi connectivity index (χ2n) is 12.1. The van der Waals surface area contributed by atoms with Crippen molar-refractivity contribution in [3.63, 3.8) is 0 Å². The lowest BCUT2D eigenvalue weighted by atomic mass is 10.0. The van der Waals surface area contributed by atoms with Gasteiger partial charge in [-0.3, -0.25) is 4.68 Å². The normalized spacial score (nSPS) is 18.8. The van der Waals surface area contributed by atoms with Crippen LogP contribution in [0.15, 0.2) is 29.8 Å². The quantitative estimate of drug-likeness (QED) is 0.306. The maximum atomic E-state index is 12.6. The fraction of sp³-hybridized carbons (Fsp3) is 0.533. The van der Waals surface area contributed by atoms with E-state index in [-0.39, 0.29) is 18.2 Å². The molecule has 0 aromatic carbocycles. The van der Waals surface area contributed by atoms with Crippen molar-refractivity contribution in [1.29, 1.82) is 0 Å². The zero-order valence-electron chi connectivity index (χ0n) is 24.8. The van der Waals surface area contributed by atoms with Crippen LogP contribution in [0.2, 0.25) is 0 Å². The van der Waals surface area contributed by atoms with E-state index in [1.54, 1.807) is 11.3 Å². The number of morpholine rings is 1. The van der Waals surface area contributed by atoms with Crippen molar-refractivity contribution < 1.29 is 14.3 Å². The fourth-order valence-electron chi connectivity index (χ4n) is 5.96. The number of aromatic nitrogens is 5. The molecule has 6 rings (SSSR count). The third-order valence-corrected chi connectivity index (χ3v) is 8.85. The summed E-state index contributed by atoms with van der Waals surface area (Å²) in [7, 11) is 0. The SMILES string of the molecule is Cc1nn(C2CCN(C(=O)OC(C)(C)C)CC2)c(C)c1-c1cc(N2CCOC[C@H]2C)nc2c(-c3cccs3)cnn12. The molecule has 2 fully saturated rings. The molecular weight excluding hydrogens is 538 g/mol.